The van der Waals surface area contributed by atoms with Gasteiger partial charge in [-0.2, -0.15) is 4.98 Å². The van der Waals surface area contributed by atoms with Gasteiger partial charge in [-0.05, 0) is 49.2 Å². The molecule has 2 amide bonds. The minimum atomic E-state index is -0.124. The molecule has 1 aliphatic carbocycles. The van der Waals surface area contributed by atoms with Crippen LogP contribution in [0.25, 0.3) is 11.4 Å². The van der Waals surface area contributed by atoms with Crippen LogP contribution in [-0.4, -0.2) is 61.5 Å². The number of piperazine rings is 1. The van der Waals surface area contributed by atoms with Gasteiger partial charge in [-0.1, -0.05) is 11.6 Å². The summed E-state index contributed by atoms with van der Waals surface area (Å²) in [5.74, 6) is 3.03. The van der Waals surface area contributed by atoms with Crippen LogP contribution in [0.4, 0.5) is 16.2 Å². The number of nitrogens with zero attached hydrogens (tertiary/aromatic N) is 4. The van der Waals surface area contributed by atoms with Crippen LogP contribution < -0.4 is 19.7 Å². The third-order valence-electron chi connectivity index (χ3n) is 6.59. The number of carbonyl (C=O) groups is 1. The molecule has 1 saturated carbocycles. The molecule has 1 aliphatic heterocycles. The maximum atomic E-state index is 12.7. The van der Waals surface area contributed by atoms with Gasteiger partial charge in [0, 0.05) is 55.1 Å². The summed E-state index contributed by atoms with van der Waals surface area (Å²) in [5.41, 5.74) is 2.74. The van der Waals surface area contributed by atoms with E-state index in [0.29, 0.717) is 42.0 Å². The van der Waals surface area contributed by atoms with Crippen LogP contribution in [0.3, 0.4) is 0 Å². The normalized spacial score (nSPS) is 16.2. The second-order valence-electron chi connectivity index (χ2n) is 8.60. The Morgan fingerprint density at radius 3 is 2.38 bits per heavy atom. The number of hydrogen-bond acceptors (Lipinski definition) is 7. The van der Waals surface area contributed by atoms with Crippen LogP contribution in [0.1, 0.15) is 31.1 Å². The van der Waals surface area contributed by atoms with Crippen LogP contribution in [0.2, 0.25) is 0 Å². The van der Waals surface area contributed by atoms with Crippen LogP contribution >= 0.6 is 0 Å². The van der Waals surface area contributed by atoms with E-state index in [2.05, 4.69) is 32.5 Å². The average molecular weight is 464 g/mol. The van der Waals surface area contributed by atoms with Gasteiger partial charge in [0.05, 0.1) is 14.2 Å². The number of benzene rings is 2. The van der Waals surface area contributed by atoms with Crippen molar-refractivity contribution >= 4 is 17.4 Å². The van der Waals surface area contributed by atoms with E-state index in [-0.39, 0.29) is 6.03 Å². The SMILES string of the molecule is COc1ccc(NC(=O)N2CCN(c3ccc(-c4noc(C5CCC5)n4)cc3)CC2)cc1OC. The lowest BCUT2D eigenvalue weighted by atomic mass is 9.85. The molecule has 2 fully saturated rings. The first-order chi connectivity index (χ1) is 16.6. The monoisotopic (exact) mass is 463 g/mol. The fourth-order valence-electron chi connectivity index (χ4n) is 4.28. The number of amides is 2. The van der Waals surface area contributed by atoms with E-state index in [0.717, 1.165) is 43.1 Å². The van der Waals surface area contributed by atoms with Crippen LogP contribution in [-0.2, 0) is 0 Å². The fraction of sp³-hybridized carbons (Fsp3) is 0.400. The van der Waals surface area contributed by atoms with Crippen LogP contribution in [0, 0.1) is 0 Å². The summed E-state index contributed by atoms with van der Waals surface area (Å²) in [7, 11) is 3.16. The number of nitrogens with one attached hydrogen (secondary N) is 1. The van der Waals surface area contributed by atoms with Crippen molar-refractivity contribution in [3.63, 3.8) is 0 Å². The Labute approximate surface area is 198 Å². The van der Waals surface area contributed by atoms with Gasteiger partial charge in [0.15, 0.2) is 11.5 Å². The van der Waals surface area contributed by atoms with E-state index < -0.39 is 0 Å². The molecule has 1 N–H and O–H groups in total. The molecular formula is C25H29N5O4. The zero-order chi connectivity index (χ0) is 23.5. The summed E-state index contributed by atoms with van der Waals surface area (Å²) in [5, 5.41) is 7.10. The number of carbonyl (C=O) groups excluding carboxylic acids is 1. The van der Waals surface area contributed by atoms with Gasteiger partial charge in [-0.25, -0.2) is 4.79 Å². The summed E-state index contributed by atoms with van der Waals surface area (Å²) >= 11 is 0. The zero-order valence-electron chi connectivity index (χ0n) is 19.5. The number of anilines is 2. The number of urea groups is 1. The predicted molar refractivity (Wildman–Crippen MR) is 129 cm³/mol. The fourth-order valence-corrected chi connectivity index (χ4v) is 4.28. The molecule has 2 aromatic carbocycles. The Balaban J connectivity index is 1.16. The molecule has 0 atom stereocenters. The van der Waals surface area contributed by atoms with E-state index >= 15 is 0 Å². The second-order valence-corrected chi connectivity index (χ2v) is 8.60. The molecule has 0 spiro atoms. The number of rotatable bonds is 6. The Morgan fingerprint density at radius 2 is 1.74 bits per heavy atom. The molecule has 9 nitrogen and oxygen atoms in total. The van der Waals surface area contributed by atoms with Crippen molar-refractivity contribution in [3.05, 3.63) is 48.4 Å². The zero-order valence-corrected chi connectivity index (χ0v) is 19.5. The van der Waals surface area contributed by atoms with Crippen molar-refractivity contribution in [2.45, 2.75) is 25.2 Å². The topological polar surface area (TPSA) is 93.0 Å². The van der Waals surface area contributed by atoms with Crippen molar-refractivity contribution in [2.24, 2.45) is 0 Å². The van der Waals surface area contributed by atoms with Crippen molar-refractivity contribution in [1.82, 2.24) is 15.0 Å². The number of hydrogen-bond donors (Lipinski definition) is 1. The van der Waals surface area contributed by atoms with E-state index in [1.165, 1.54) is 6.42 Å². The van der Waals surface area contributed by atoms with Gasteiger partial charge in [0.2, 0.25) is 11.7 Å². The van der Waals surface area contributed by atoms with Crippen molar-refractivity contribution < 1.29 is 18.8 Å². The summed E-state index contributed by atoms with van der Waals surface area (Å²) in [4.78, 5) is 21.4. The standard InChI is InChI=1S/C25H29N5O4/c1-32-21-11-8-19(16-22(21)33-2)26-25(31)30-14-12-29(13-15-30)20-9-6-17(7-10-20)23-27-24(34-28-23)18-4-3-5-18/h6-11,16,18H,3-5,12-15H2,1-2H3,(H,26,31). The second kappa shape index (κ2) is 9.62. The third-order valence-corrected chi connectivity index (χ3v) is 6.59. The minimum Gasteiger partial charge on any atom is -0.493 e. The van der Waals surface area contributed by atoms with Gasteiger partial charge in [0.1, 0.15) is 0 Å². The number of ether oxygens (including phenoxy) is 2. The van der Waals surface area contributed by atoms with Gasteiger partial charge in [-0.3, -0.25) is 0 Å². The largest absolute Gasteiger partial charge is 0.493 e. The average Bonchev–Trinajstić information content (AvgIpc) is 3.32. The molecule has 34 heavy (non-hydrogen) atoms. The third kappa shape index (κ3) is 4.50. The molecule has 2 heterocycles. The molecule has 5 rings (SSSR count). The summed E-state index contributed by atoms with van der Waals surface area (Å²) in [6.07, 6.45) is 3.51. The van der Waals surface area contributed by atoms with E-state index in [1.54, 1.807) is 32.4 Å². The summed E-state index contributed by atoms with van der Waals surface area (Å²) in [6.45, 7) is 2.78. The maximum Gasteiger partial charge on any atom is 0.321 e. The highest BCUT2D eigenvalue weighted by Crippen LogP contribution is 2.36. The highest BCUT2D eigenvalue weighted by molar-refractivity contribution is 5.90. The lowest BCUT2D eigenvalue weighted by Gasteiger charge is -2.36. The lowest BCUT2D eigenvalue weighted by molar-refractivity contribution is 0.208. The van der Waals surface area contributed by atoms with Crippen molar-refractivity contribution in [3.8, 4) is 22.9 Å². The summed E-state index contributed by atoms with van der Waals surface area (Å²) < 4.78 is 16.0. The van der Waals surface area contributed by atoms with E-state index in [9.17, 15) is 4.79 Å². The lowest BCUT2D eigenvalue weighted by Crippen LogP contribution is -2.50. The first-order valence-electron chi connectivity index (χ1n) is 11.6. The number of aromatic nitrogens is 2. The van der Waals surface area contributed by atoms with Gasteiger partial charge in [-0.15, -0.1) is 0 Å². The highest BCUT2D eigenvalue weighted by atomic mass is 16.5. The molecule has 0 bridgehead atoms. The van der Waals surface area contributed by atoms with Gasteiger partial charge >= 0.3 is 6.03 Å². The predicted octanol–water partition coefficient (Wildman–Crippen LogP) is 4.38. The van der Waals surface area contributed by atoms with Crippen molar-refractivity contribution in [1.29, 1.82) is 0 Å². The molecule has 1 saturated heterocycles. The molecule has 3 aromatic rings. The maximum absolute atomic E-state index is 12.7. The molecular weight excluding hydrogens is 434 g/mol. The molecule has 178 valence electrons. The molecule has 9 heteroatoms. The summed E-state index contributed by atoms with van der Waals surface area (Å²) in [6, 6.07) is 13.4. The first kappa shape index (κ1) is 22.1. The Bertz CT molecular complexity index is 1130. The molecule has 0 radical (unpaired) electrons. The first-order valence-corrected chi connectivity index (χ1v) is 11.6. The highest BCUT2D eigenvalue weighted by Gasteiger charge is 2.26. The van der Waals surface area contributed by atoms with E-state index in [4.69, 9.17) is 14.0 Å². The molecule has 2 aliphatic rings. The Hall–Kier alpha value is -3.75. The van der Waals surface area contributed by atoms with Gasteiger partial charge < -0.3 is 29.1 Å². The Kier molecular flexibility index (Phi) is 6.24. The van der Waals surface area contributed by atoms with Crippen molar-refractivity contribution in [2.75, 3.05) is 50.6 Å². The molecule has 1 aromatic heterocycles. The van der Waals surface area contributed by atoms with E-state index in [1.807, 2.05) is 17.0 Å². The quantitative estimate of drug-likeness (QED) is 0.580. The molecule has 0 unspecified atom stereocenters. The number of methoxy groups -OCH3 is 2. The Morgan fingerprint density at radius 1 is 1.00 bits per heavy atom. The smallest absolute Gasteiger partial charge is 0.321 e. The van der Waals surface area contributed by atoms with Crippen LogP contribution in [0.15, 0.2) is 47.0 Å². The van der Waals surface area contributed by atoms with Crippen LogP contribution in [0.5, 0.6) is 11.5 Å². The minimum absolute atomic E-state index is 0.124. The van der Waals surface area contributed by atoms with Gasteiger partial charge in [0.25, 0.3) is 0 Å².